The minimum Gasteiger partial charge on any atom is -0.210 e. The van der Waals surface area contributed by atoms with Gasteiger partial charge in [-0.05, 0) is 55.2 Å². The van der Waals surface area contributed by atoms with Gasteiger partial charge in [-0.15, -0.1) is 0 Å². The average molecular weight is 303 g/mol. The van der Waals surface area contributed by atoms with Crippen molar-refractivity contribution in [3.05, 3.63) is 46.8 Å². The first-order chi connectivity index (χ1) is 9.56. The van der Waals surface area contributed by atoms with Crippen LogP contribution in [-0.4, -0.2) is 6.43 Å². The highest BCUT2D eigenvalue weighted by molar-refractivity contribution is 6.30. The van der Waals surface area contributed by atoms with E-state index in [1.807, 2.05) is 12.1 Å². The molecule has 0 spiro atoms. The molecule has 0 saturated heterocycles. The summed E-state index contributed by atoms with van der Waals surface area (Å²) < 4.78 is 37.5. The van der Waals surface area contributed by atoms with E-state index in [0.29, 0.717) is 11.8 Å². The molecule has 1 fully saturated rings. The highest BCUT2D eigenvalue weighted by Gasteiger charge is 2.21. The second-order valence-electron chi connectivity index (χ2n) is 5.34. The minimum absolute atomic E-state index is 0.150. The average Bonchev–Trinajstić information content (AvgIpc) is 2.42. The van der Waals surface area contributed by atoms with Crippen molar-refractivity contribution in [2.45, 2.75) is 44.4 Å². The summed E-state index contributed by atoms with van der Waals surface area (Å²) in [4.78, 5) is 0. The van der Waals surface area contributed by atoms with Crippen LogP contribution < -0.4 is 0 Å². The molecule has 20 heavy (non-hydrogen) atoms. The van der Waals surface area contributed by atoms with Gasteiger partial charge in [-0.2, -0.15) is 0 Å². The molecule has 1 aliphatic rings. The molecule has 110 valence electrons. The van der Waals surface area contributed by atoms with Crippen molar-refractivity contribution >= 4 is 11.6 Å². The van der Waals surface area contributed by atoms with Crippen molar-refractivity contribution in [2.24, 2.45) is 5.92 Å². The van der Waals surface area contributed by atoms with Crippen LogP contribution in [0, 0.1) is 11.7 Å². The first kappa shape index (κ1) is 15.4. The van der Waals surface area contributed by atoms with Crippen LogP contribution in [0.5, 0.6) is 0 Å². The highest BCUT2D eigenvalue weighted by Crippen LogP contribution is 2.37. The van der Waals surface area contributed by atoms with Crippen molar-refractivity contribution in [2.75, 3.05) is 0 Å². The molecule has 0 radical (unpaired) electrons. The summed E-state index contributed by atoms with van der Waals surface area (Å²) in [7, 11) is 0. The number of allylic oxidation sites excluding steroid dienone is 2. The molecule has 1 aromatic rings. The van der Waals surface area contributed by atoms with Gasteiger partial charge in [-0.3, -0.25) is 0 Å². The van der Waals surface area contributed by atoms with Crippen LogP contribution in [0.4, 0.5) is 13.2 Å². The summed E-state index contributed by atoms with van der Waals surface area (Å²) in [6, 6.07) is 4.99. The standard InChI is InChI=1S/C16H18ClF3/c17-14-9-8-13(10-15(14)18)12-6-4-11(5-7-12)2-1-3-16(19)20/h1-2,8-12,16H,3-7H2/b2-1+. The summed E-state index contributed by atoms with van der Waals surface area (Å²) >= 11 is 5.68. The van der Waals surface area contributed by atoms with Gasteiger partial charge in [-0.25, -0.2) is 13.2 Å². The lowest BCUT2D eigenvalue weighted by Gasteiger charge is -2.27. The van der Waals surface area contributed by atoms with Crippen molar-refractivity contribution in [3.63, 3.8) is 0 Å². The Morgan fingerprint density at radius 1 is 1.20 bits per heavy atom. The van der Waals surface area contributed by atoms with Gasteiger partial charge in [0.15, 0.2) is 0 Å². The van der Waals surface area contributed by atoms with Crippen LogP contribution >= 0.6 is 11.6 Å². The van der Waals surface area contributed by atoms with Gasteiger partial charge < -0.3 is 0 Å². The summed E-state index contributed by atoms with van der Waals surface area (Å²) in [5, 5.41) is 0.150. The summed E-state index contributed by atoms with van der Waals surface area (Å²) in [6.45, 7) is 0. The van der Waals surface area contributed by atoms with E-state index < -0.39 is 6.43 Å². The SMILES string of the molecule is Fc1cc(C2CCC(/C=C/CC(F)F)CC2)ccc1Cl. The second kappa shape index (κ2) is 7.16. The molecule has 0 N–H and O–H groups in total. The Hall–Kier alpha value is -0.960. The Balaban J connectivity index is 1.87. The number of benzene rings is 1. The molecule has 0 bridgehead atoms. The fourth-order valence-corrected chi connectivity index (χ4v) is 2.90. The molecular weight excluding hydrogens is 285 g/mol. The second-order valence-corrected chi connectivity index (χ2v) is 5.75. The van der Waals surface area contributed by atoms with Gasteiger partial charge in [0.1, 0.15) is 5.82 Å². The molecule has 0 aromatic heterocycles. The number of rotatable bonds is 4. The molecule has 0 heterocycles. The molecule has 2 rings (SSSR count). The highest BCUT2D eigenvalue weighted by atomic mass is 35.5. The topological polar surface area (TPSA) is 0 Å². The fourth-order valence-electron chi connectivity index (χ4n) is 2.79. The van der Waals surface area contributed by atoms with Gasteiger partial charge in [-0.1, -0.05) is 29.8 Å². The molecule has 0 unspecified atom stereocenters. The van der Waals surface area contributed by atoms with E-state index in [-0.39, 0.29) is 17.3 Å². The Morgan fingerprint density at radius 2 is 1.90 bits per heavy atom. The quantitative estimate of drug-likeness (QED) is 0.602. The molecule has 1 aliphatic carbocycles. The van der Waals surface area contributed by atoms with E-state index in [1.54, 1.807) is 12.1 Å². The van der Waals surface area contributed by atoms with Crippen LogP contribution in [0.1, 0.15) is 43.6 Å². The van der Waals surface area contributed by atoms with Crippen molar-refractivity contribution in [3.8, 4) is 0 Å². The number of alkyl halides is 2. The van der Waals surface area contributed by atoms with Crippen LogP contribution in [0.15, 0.2) is 30.4 Å². The molecule has 4 heteroatoms. The molecule has 0 nitrogen and oxygen atoms in total. The van der Waals surface area contributed by atoms with E-state index in [2.05, 4.69) is 0 Å². The Labute approximate surface area is 122 Å². The third-order valence-corrected chi connectivity index (χ3v) is 4.22. The first-order valence-electron chi connectivity index (χ1n) is 6.96. The lowest BCUT2D eigenvalue weighted by atomic mass is 9.78. The van der Waals surface area contributed by atoms with Crippen molar-refractivity contribution < 1.29 is 13.2 Å². The maximum Gasteiger partial charge on any atom is 0.242 e. The van der Waals surface area contributed by atoms with E-state index in [9.17, 15) is 13.2 Å². The van der Waals surface area contributed by atoms with Crippen LogP contribution in [0.3, 0.4) is 0 Å². The Morgan fingerprint density at radius 3 is 2.50 bits per heavy atom. The maximum absolute atomic E-state index is 13.4. The maximum atomic E-state index is 13.4. The zero-order valence-corrected chi connectivity index (χ0v) is 11.9. The Kier molecular flexibility index (Phi) is 5.53. The van der Waals surface area contributed by atoms with E-state index in [4.69, 9.17) is 11.6 Å². The number of hydrogen-bond donors (Lipinski definition) is 0. The number of halogens is 4. The molecule has 0 atom stereocenters. The smallest absolute Gasteiger partial charge is 0.210 e. The molecule has 1 aromatic carbocycles. The fraction of sp³-hybridized carbons (Fsp3) is 0.500. The normalized spacial score (nSPS) is 23.6. The van der Waals surface area contributed by atoms with Gasteiger partial charge in [0.25, 0.3) is 0 Å². The molecule has 1 saturated carbocycles. The van der Waals surface area contributed by atoms with Gasteiger partial charge >= 0.3 is 0 Å². The zero-order chi connectivity index (χ0) is 14.5. The third kappa shape index (κ3) is 4.27. The largest absolute Gasteiger partial charge is 0.242 e. The van der Waals surface area contributed by atoms with Gasteiger partial charge in [0.2, 0.25) is 6.43 Å². The van der Waals surface area contributed by atoms with Gasteiger partial charge in [0.05, 0.1) is 5.02 Å². The summed E-state index contributed by atoms with van der Waals surface area (Å²) in [5.41, 5.74) is 0.988. The predicted octanol–water partition coefficient (Wildman–Crippen LogP) is 5.96. The summed E-state index contributed by atoms with van der Waals surface area (Å²) in [5.74, 6) is 0.354. The monoisotopic (exact) mass is 302 g/mol. The minimum atomic E-state index is -2.26. The third-order valence-electron chi connectivity index (χ3n) is 3.91. The van der Waals surface area contributed by atoms with E-state index >= 15 is 0 Å². The van der Waals surface area contributed by atoms with Crippen molar-refractivity contribution in [1.82, 2.24) is 0 Å². The predicted molar refractivity (Wildman–Crippen MR) is 75.9 cm³/mol. The summed E-state index contributed by atoms with van der Waals surface area (Å²) in [6.07, 6.45) is 4.92. The first-order valence-corrected chi connectivity index (χ1v) is 7.34. The van der Waals surface area contributed by atoms with Crippen LogP contribution in [0.2, 0.25) is 5.02 Å². The van der Waals surface area contributed by atoms with Crippen LogP contribution in [-0.2, 0) is 0 Å². The number of hydrogen-bond acceptors (Lipinski definition) is 0. The lowest BCUT2D eigenvalue weighted by molar-refractivity contribution is 0.152. The molecule has 0 amide bonds. The molecule has 0 aliphatic heterocycles. The van der Waals surface area contributed by atoms with E-state index in [1.165, 1.54) is 6.07 Å². The van der Waals surface area contributed by atoms with Gasteiger partial charge in [0, 0.05) is 6.42 Å². The van der Waals surface area contributed by atoms with E-state index in [0.717, 1.165) is 31.2 Å². The van der Waals surface area contributed by atoms with Crippen molar-refractivity contribution in [1.29, 1.82) is 0 Å². The zero-order valence-electron chi connectivity index (χ0n) is 11.2. The molecular formula is C16H18ClF3. The lowest BCUT2D eigenvalue weighted by Crippen LogP contribution is -2.12. The Bertz CT molecular complexity index is 463. The van der Waals surface area contributed by atoms with Crippen LogP contribution in [0.25, 0.3) is 0 Å².